The van der Waals surface area contributed by atoms with Gasteiger partial charge in [-0.15, -0.1) is 0 Å². The van der Waals surface area contributed by atoms with E-state index in [0.717, 1.165) is 39.9 Å². The topological polar surface area (TPSA) is 51.5 Å². The van der Waals surface area contributed by atoms with E-state index in [4.69, 9.17) is 21.3 Å². The molecule has 0 saturated heterocycles. The summed E-state index contributed by atoms with van der Waals surface area (Å²) < 4.78 is 7.66. The van der Waals surface area contributed by atoms with E-state index >= 15 is 0 Å². The minimum atomic E-state index is 0.616. The third-order valence-corrected chi connectivity index (χ3v) is 4.46. The zero-order valence-corrected chi connectivity index (χ0v) is 15.9. The first-order chi connectivity index (χ1) is 13.2. The maximum atomic E-state index is 6.15. The van der Waals surface area contributed by atoms with Crippen LogP contribution in [0.1, 0.15) is 12.6 Å². The highest BCUT2D eigenvalue weighted by Gasteiger charge is 2.16. The van der Waals surface area contributed by atoms with E-state index in [0.29, 0.717) is 11.6 Å². The van der Waals surface area contributed by atoms with Gasteiger partial charge in [-0.2, -0.15) is 0 Å². The van der Waals surface area contributed by atoms with Crippen molar-refractivity contribution in [2.45, 2.75) is 13.8 Å². The minimum absolute atomic E-state index is 0.616. The first kappa shape index (κ1) is 17.4. The second kappa shape index (κ2) is 7.29. The summed E-state index contributed by atoms with van der Waals surface area (Å²) in [6.45, 7) is 4.54. The molecule has 0 amide bonds. The zero-order chi connectivity index (χ0) is 18.8. The van der Waals surface area contributed by atoms with Crippen LogP contribution in [0, 0.1) is 6.92 Å². The van der Waals surface area contributed by atoms with E-state index in [2.05, 4.69) is 10.3 Å². The number of nitrogens with zero attached hydrogens (tertiary/aromatic N) is 3. The van der Waals surface area contributed by atoms with Crippen LogP contribution >= 0.6 is 11.6 Å². The van der Waals surface area contributed by atoms with E-state index in [1.807, 2.05) is 73.0 Å². The number of imidazole rings is 1. The number of hydrogen-bond donors (Lipinski definition) is 1. The van der Waals surface area contributed by atoms with Gasteiger partial charge in [0.05, 0.1) is 12.3 Å². The lowest BCUT2D eigenvalue weighted by atomic mass is 10.1. The number of aryl methyl sites for hydroxylation is 1. The van der Waals surface area contributed by atoms with Crippen LogP contribution in [0.2, 0.25) is 5.02 Å². The third kappa shape index (κ3) is 3.46. The Kier molecular flexibility index (Phi) is 4.69. The Bertz CT molecular complexity index is 1110. The Morgan fingerprint density at radius 1 is 1.15 bits per heavy atom. The number of aromatic nitrogens is 3. The number of hydrogen-bond acceptors (Lipinski definition) is 4. The summed E-state index contributed by atoms with van der Waals surface area (Å²) in [5.74, 6) is 1.67. The summed E-state index contributed by atoms with van der Waals surface area (Å²) >= 11 is 6.15. The molecule has 5 nitrogen and oxygen atoms in total. The number of anilines is 2. The van der Waals surface area contributed by atoms with Crippen molar-refractivity contribution in [2.75, 3.05) is 11.9 Å². The Morgan fingerprint density at radius 3 is 2.81 bits per heavy atom. The molecular weight excluding hydrogens is 360 g/mol. The molecule has 4 rings (SSSR count). The number of benzene rings is 2. The van der Waals surface area contributed by atoms with Crippen molar-refractivity contribution in [1.82, 2.24) is 14.4 Å². The quantitative estimate of drug-likeness (QED) is 0.498. The van der Waals surface area contributed by atoms with E-state index in [-0.39, 0.29) is 0 Å². The molecule has 136 valence electrons. The lowest BCUT2D eigenvalue weighted by Gasteiger charge is -2.10. The van der Waals surface area contributed by atoms with Gasteiger partial charge in [-0.3, -0.25) is 9.38 Å². The fraction of sp³-hybridized carbons (Fsp3) is 0.143. The molecule has 0 aliphatic heterocycles. The fourth-order valence-electron chi connectivity index (χ4n) is 3.03. The maximum Gasteiger partial charge on any atom is 0.160 e. The average Bonchev–Trinajstić information content (AvgIpc) is 3.02. The average molecular weight is 379 g/mol. The Morgan fingerprint density at radius 2 is 2.00 bits per heavy atom. The molecule has 0 spiro atoms. The van der Waals surface area contributed by atoms with Gasteiger partial charge in [0.15, 0.2) is 5.65 Å². The van der Waals surface area contributed by atoms with Crippen LogP contribution in [0.25, 0.3) is 16.9 Å². The van der Waals surface area contributed by atoms with Crippen molar-refractivity contribution in [3.8, 4) is 17.0 Å². The van der Waals surface area contributed by atoms with Crippen molar-refractivity contribution in [3.63, 3.8) is 0 Å². The molecule has 1 N–H and O–H groups in total. The largest absolute Gasteiger partial charge is 0.494 e. The van der Waals surface area contributed by atoms with Crippen molar-refractivity contribution < 1.29 is 4.74 Å². The van der Waals surface area contributed by atoms with Crippen LogP contribution in [0.4, 0.5) is 11.5 Å². The predicted octanol–water partition coefficient (Wildman–Crippen LogP) is 5.50. The lowest BCUT2D eigenvalue weighted by Crippen LogP contribution is -1.98. The minimum Gasteiger partial charge on any atom is -0.494 e. The molecule has 4 aromatic rings. The van der Waals surface area contributed by atoms with Gasteiger partial charge in [0.1, 0.15) is 17.3 Å². The highest BCUT2D eigenvalue weighted by atomic mass is 35.5. The fourth-order valence-corrected chi connectivity index (χ4v) is 3.22. The summed E-state index contributed by atoms with van der Waals surface area (Å²) in [7, 11) is 0. The van der Waals surface area contributed by atoms with Gasteiger partial charge in [0, 0.05) is 28.7 Å². The predicted molar refractivity (Wildman–Crippen MR) is 109 cm³/mol. The summed E-state index contributed by atoms with van der Waals surface area (Å²) in [6.07, 6.45) is 3.67. The van der Waals surface area contributed by atoms with Crippen LogP contribution in [0.15, 0.2) is 60.9 Å². The molecular formula is C21H19ClN4O. The second-order valence-corrected chi connectivity index (χ2v) is 6.55. The van der Waals surface area contributed by atoms with Crippen molar-refractivity contribution in [2.24, 2.45) is 0 Å². The Hall–Kier alpha value is -3.05. The van der Waals surface area contributed by atoms with Crippen molar-refractivity contribution in [3.05, 3.63) is 71.6 Å². The summed E-state index contributed by atoms with van der Waals surface area (Å²) in [5, 5.41) is 4.13. The molecule has 0 saturated carbocycles. The molecule has 2 aromatic carbocycles. The van der Waals surface area contributed by atoms with E-state index < -0.39 is 0 Å². The number of nitrogens with one attached hydrogen (secondary N) is 1. The van der Waals surface area contributed by atoms with Crippen molar-refractivity contribution >= 4 is 28.8 Å². The smallest absolute Gasteiger partial charge is 0.160 e. The van der Waals surface area contributed by atoms with Gasteiger partial charge in [-0.1, -0.05) is 29.8 Å². The van der Waals surface area contributed by atoms with Crippen LogP contribution in [0.5, 0.6) is 5.75 Å². The molecule has 27 heavy (non-hydrogen) atoms. The number of fused-ring (bicyclic) bond motifs is 1. The molecule has 0 unspecified atom stereocenters. The molecule has 0 aliphatic carbocycles. The van der Waals surface area contributed by atoms with Crippen LogP contribution in [-0.4, -0.2) is 21.0 Å². The van der Waals surface area contributed by atoms with Gasteiger partial charge < -0.3 is 10.1 Å². The summed E-state index contributed by atoms with van der Waals surface area (Å²) in [4.78, 5) is 9.22. The van der Waals surface area contributed by atoms with Gasteiger partial charge in [0.25, 0.3) is 0 Å². The molecule has 0 radical (unpaired) electrons. The van der Waals surface area contributed by atoms with Crippen molar-refractivity contribution in [1.29, 1.82) is 0 Å². The highest BCUT2D eigenvalue weighted by Crippen LogP contribution is 2.33. The third-order valence-electron chi connectivity index (χ3n) is 4.22. The molecule has 0 aliphatic rings. The van der Waals surface area contributed by atoms with Gasteiger partial charge in [0.2, 0.25) is 0 Å². The van der Waals surface area contributed by atoms with E-state index in [1.54, 1.807) is 6.20 Å². The lowest BCUT2D eigenvalue weighted by molar-refractivity contribution is 0.340. The molecule has 6 heteroatoms. The van der Waals surface area contributed by atoms with Gasteiger partial charge in [-0.05, 0) is 44.2 Å². The van der Waals surface area contributed by atoms with Gasteiger partial charge in [-0.25, -0.2) is 4.98 Å². The molecule has 0 bridgehead atoms. The number of halogens is 1. The van der Waals surface area contributed by atoms with Crippen LogP contribution in [0.3, 0.4) is 0 Å². The molecule has 0 fully saturated rings. The van der Waals surface area contributed by atoms with Crippen LogP contribution < -0.4 is 10.1 Å². The Labute approximate surface area is 162 Å². The number of rotatable bonds is 5. The first-order valence-electron chi connectivity index (χ1n) is 8.75. The SMILES string of the molecule is CCOc1cccc(-c2nc3c(C)nccn3c2Nc2cccc(Cl)c2)c1. The molecule has 2 heterocycles. The van der Waals surface area contributed by atoms with E-state index in [9.17, 15) is 0 Å². The van der Waals surface area contributed by atoms with E-state index in [1.165, 1.54) is 0 Å². The Balaban J connectivity index is 1.89. The second-order valence-electron chi connectivity index (χ2n) is 6.11. The summed E-state index contributed by atoms with van der Waals surface area (Å²) in [6, 6.07) is 15.6. The maximum absolute atomic E-state index is 6.15. The molecule has 2 aromatic heterocycles. The highest BCUT2D eigenvalue weighted by molar-refractivity contribution is 6.30. The normalized spacial score (nSPS) is 10.9. The zero-order valence-electron chi connectivity index (χ0n) is 15.1. The van der Waals surface area contributed by atoms with Gasteiger partial charge >= 0.3 is 0 Å². The van der Waals surface area contributed by atoms with Crippen LogP contribution in [-0.2, 0) is 0 Å². The monoisotopic (exact) mass is 378 g/mol. The standard InChI is InChI=1S/C21H19ClN4O/c1-3-27-18-9-4-6-15(12-18)19-21(24-17-8-5-7-16(22)13-17)26-11-10-23-14(2)20(26)25-19/h4-13,24H,3H2,1-2H3. The summed E-state index contributed by atoms with van der Waals surface area (Å²) in [5.41, 5.74) is 4.35. The molecule has 0 atom stereocenters. The number of ether oxygens (including phenoxy) is 1. The first-order valence-corrected chi connectivity index (χ1v) is 9.13.